The standard InChI is InChI=1S/C17H24ClN3O2S.ClH/c1-10(2)12(19)6-7-21(3)16(22)9-15-17(23)20-13-8-11(18)4-5-14(13)24-15;/h4-5,8,10,12,15H,6-7,9,19H2,1-3H3,(H,20,23);1H. The van der Waals surface area contributed by atoms with Crippen LogP contribution in [0.1, 0.15) is 26.7 Å². The Kier molecular flexibility index (Phi) is 8.54. The molecule has 2 atom stereocenters. The van der Waals surface area contributed by atoms with Gasteiger partial charge in [-0.25, -0.2) is 0 Å². The fraction of sp³-hybridized carbons (Fsp3) is 0.529. The Morgan fingerprint density at radius 1 is 1.44 bits per heavy atom. The van der Waals surface area contributed by atoms with Crippen LogP contribution in [-0.2, 0) is 9.59 Å². The number of carbonyl (C=O) groups excluding carboxylic acids is 2. The van der Waals surface area contributed by atoms with Crippen molar-refractivity contribution >= 4 is 53.3 Å². The highest BCUT2D eigenvalue weighted by atomic mass is 35.5. The number of rotatable bonds is 6. The van der Waals surface area contributed by atoms with Gasteiger partial charge in [-0.15, -0.1) is 24.2 Å². The Morgan fingerprint density at radius 3 is 2.76 bits per heavy atom. The van der Waals surface area contributed by atoms with Crippen LogP contribution < -0.4 is 11.1 Å². The number of thioether (sulfide) groups is 1. The molecule has 1 heterocycles. The zero-order valence-corrected chi connectivity index (χ0v) is 17.0. The quantitative estimate of drug-likeness (QED) is 0.760. The van der Waals surface area contributed by atoms with Crippen molar-refractivity contribution in [2.45, 2.75) is 42.9 Å². The van der Waals surface area contributed by atoms with E-state index < -0.39 is 5.25 Å². The van der Waals surface area contributed by atoms with Crippen LogP contribution in [0.4, 0.5) is 5.69 Å². The van der Waals surface area contributed by atoms with Crippen molar-refractivity contribution in [3.63, 3.8) is 0 Å². The molecule has 2 amide bonds. The van der Waals surface area contributed by atoms with Crippen molar-refractivity contribution < 1.29 is 9.59 Å². The van der Waals surface area contributed by atoms with Gasteiger partial charge in [-0.05, 0) is 30.5 Å². The predicted molar refractivity (Wildman–Crippen MR) is 107 cm³/mol. The first-order chi connectivity index (χ1) is 11.3. The first kappa shape index (κ1) is 22.1. The van der Waals surface area contributed by atoms with Crippen molar-refractivity contribution in [3.8, 4) is 0 Å². The van der Waals surface area contributed by atoms with E-state index in [0.717, 1.165) is 11.3 Å². The second-order valence-corrected chi connectivity index (χ2v) is 8.13. The van der Waals surface area contributed by atoms with Gasteiger partial charge in [0.1, 0.15) is 0 Å². The normalized spacial score (nSPS) is 17.4. The first-order valence-corrected chi connectivity index (χ1v) is 9.30. The smallest absolute Gasteiger partial charge is 0.238 e. The van der Waals surface area contributed by atoms with E-state index in [9.17, 15) is 9.59 Å². The summed E-state index contributed by atoms with van der Waals surface area (Å²) in [6.07, 6.45) is 0.928. The number of anilines is 1. The van der Waals surface area contributed by atoms with Crippen molar-refractivity contribution in [1.82, 2.24) is 4.90 Å². The average Bonchev–Trinajstić information content (AvgIpc) is 2.52. The van der Waals surface area contributed by atoms with Crippen molar-refractivity contribution in [1.29, 1.82) is 0 Å². The Bertz CT molecular complexity index is 628. The third-order valence-corrected chi connectivity index (χ3v) is 5.71. The number of halogens is 2. The Balaban J connectivity index is 0.00000312. The van der Waals surface area contributed by atoms with Gasteiger partial charge in [0.2, 0.25) is 11.8 Å². The molecule has 0 spiro atoms. The second kappa shape index (κ2) is 9.67. The van der Waals surface area contributed by atoms with Crippen LogP contribution in [0.2, 0.25) is 5.02 Å². The molecule has 1 aromatic rings. The molecule has 0 saturated carbocycles. The Hall–Kier alpha value is -0.950. The number of fused-ring (bicyclic) bond motifs is 1. The number of benzene rings is 1. The Labute approximate surface area is 164 Å². The zero-order chi connectivity index (χ0) is 17.9. The summed E-state index contributed by atoms with van der Waals surface area (Å²) >= 11 is 7.34. The molecule has 140 valence electrons. The lowest BCUT2D eigenvalue weighted by Crippen LogP contribution is -2.38. The molecule has 0 aromatic heterocycles. The minimum Gasteiger partial charge on any atom is -0.346 e. The van der Waals surface area contributed by atoms with E-state index in [1.807, 2.05) is 6.07 Å². The predicted octanol–water partition coefficient (Wildman–Crippen LogP) is 3.40. The lowest BCUT2D eigenvalue weighted by molar-refractivity contribution is -0.131. The summed E-state index contributed by atoms with van der Waals surface area (Å²) in [5.74, 6) is 0.183. The van der Waals surface area contributed by atoms with E-state index in [-0.39, 0.29) is 36.7 Å². The van der Waals surface area contributed by atoms with Gasteiger partial charge in [-0.3, -0.25) is 9.59 Å². The molecule has 2 rings (SSSR count). The molecule has 1 aliphatic rings. The highest BCUT2D eigenvalue weighted by Crippen LogP contribution is 2.38. The third kappa shape index (κ3) is 6.06. The van der Waals surface area contributed by atoms with Crippen LogP contribution in [0.25, 0.3) is 0 Å². The van der Waals surface area contributed by atoms with Crippen LogP contribution in [0.5, 0.6) is 0 Å². The van der Waals surface area contributed by atoms with Crippen LogP contribution >= 0.6 is 35.8 Å². The van der Waals surface area contributed by atoms with Crippen LogP contribution in [0.15, 0.2) is 23.1 Å². The third-order valence-electron chi connectivity index (χ3n) is 4.20. The SMILES string of the molecule is CC(C)C(N)CCN(C)C(=O)CC1Sc2ccc(Cl)cc2NC1=O.Cl. The zero-order valence-electron chi connectivity index (χ0n) is 14.6. The number of hydrogen-bond donors (Lipinski definition) is 2. The summed E-state index contributed by atoms with van der Waals surface area (Å²) in [6.45, 7) is 4.74. The highest BCUT2D eigenvalue weighted by molar-refractivity contribution is 8.01. The largest absolute Gasteiger partial charge is 0.346 e. The van der Waals surface area contributed by atoms with Crippen molar-refractivity contribution in [3.05, 3.63) is 23.2 Å². The maximum atomic E-state index is 12.4. The fourth-order valence-electron chi connectivity index (χ4n) is 2.37. The van der Waals surface area contributed by atoms with Gasteiger partial charge in [0.05, 0.1) is 10.9 Å². The number of amides is 2. The molecule has 0 bridgehead atoms. The number of nitrogens with zero attached hydrogens (tertiary/aromatic N) is 1. The Morgan fingerprint density at radius 2 is 2.12 bits per heavy atom. The van der Waals surface area contributed by atoms with Crippen LogP contribution in [-0.4, -0.2) is 41.6 Å². The van der Waals surface area contributed by atoms with Gasteiger partial charge in [-0.2, -0.15) is 0 Å². The molecule has 2 unspecified atom stereocenters. The molecular formula is C17H25Cl2N3O2S. The van der Waals surface area contributed by atoms with E-state index in [2.05, 4.69) is 19.2 Å². The van der Waals surface area contributed by atoms with Gasteiger partial charge < -0.3 is 16.0 Å². The maximum Gasteiger partial charge on any atom is 0.238 e. The van der Waals surface area contributed by atoms with E-state index in [0.29, 0.717) is 23.2 Å². The van der Waals surface area contributed by atoms with E-state index >= 15 is 0 Å². The summed E-state index contributed by atoms with van der Waals surface area (Å²) in [4.78, 5) is 27.2. The summed E-state index contributed by atoms with van der Waals surface area (Å²) in [6, 6.07) is 5.44. The molecule has 3 N–H and O–H groups in total. The summed E-state index contributed by atoms with van der Waals surface area (Å²) < 4.78 is 0. The van der Waals surface area contributed by atoms with Crippen LogP contribution in [0.3, 0.4) is 0 Å². The minimum atomic E-state index is -0.424. The number of carbonyl (C=O) groups is 2. The summed E-state index contributed by atoms with van der Waals surface area (Å²) in [5, 5.41) is 2.98. The molecule has 0 saturated heterocycles. The van der Waals surface area contributed by atoms with E-state index in [1.54, 1.807) is 24.1 Å². The molecule has 25 heavy (non-hydrogen) atoms. The molecule has 5 nitrogen and oxygen atoms in total. The second-order valence-electron chi connectivity index (χ2n) is 6.45. The molecule has 1 aliphatic heterocycles. The average molecular weight is 406 g/mol. The molecule has 0 aliphatic carbocycles. The molecule has 0 fully saturated rings. The first-order valence-electron chi connectivity index (χ1n) is 8.04. The van der Waals surface area contributed by atoms with E-state index in [4.69, 9.17) is 17.3 Å². The molecular weight excluding hydrogens is 381 g/mol. The lowest BCUT2D eigenvalue weighted by Gasteiger charge is -2.26. The van der Waals surface area contributed by atoms with Crippen LogP contribution in [0, 0.1) is 5.92 Å². The topological polar surface area (TPSA) is 75.4 Å². The van der Waals surface area contributed by atoms with Gasteiger partial charge in [0.15, 0.2) is 0 Å². The van der Waals surface area contributed by atoms with Gasteiger partial charge in [0.25, 0.3) is 0 Å². The van der Waals surface area contributed by atoms with Gasteiger partial charge in [0, 0.05) is 36.0 Å². The monoisotopic (exact) mass is 405 g/mol. The van der Waals surface area contributed by atoms with Crippen molar-refractivity contribution in [2.75, 3.05) is 18.9 Å². The summed E-state index contributed by atoms with van der Waals surface area (Å²) in [7, 11) is 1.76. The maximum absolute atomic E-state index is 12.4. The number of nitrogens with one attached hydrogen (secondary N) is 1. The minimum absolute atomic E-state index is 0. The highest BCUT2D eigenvalue weighted by Gasteiger charge is 2.30. The van der Waals surface area contributed by atoms with Gasteiger partial charge in [-0.1, -0.05) is 25.4 Å². The molecule has 1 aromatic carbocycles. The lowest BCUT2D eigenvalue weighted by atomic mass is 10.0. The fourth-order valence-corrected chi connectivity index (χ4v) is 3.63. The summed E-state index contributed by atoms with van der Waals surface area (Å²) in [5.41, 5.74) is 6.73. The van der Waals surface area contributed by atoms with Gasteiger partial charge >= 0.3 is 0 Å². The number of nitrogens with two attached hydrogens (primary N) is 1. The van der Waals surface area contributed by atoms with Crippen molar-refractivity contribution in [2.24, 2.45) is 11.7 Å². The molecule has 8 heteroatoms. The molecule has 0 radical (unpaired) electrons. The van der Waals surface area contributed by atoms with E-state index in [1.165, 1.54) is 11.8 Å². The number of hydrogen-bond acceptors (Lipinski definition) is 4.